The number of nitrogens with zero attached hydrogens (tertiary/aromatic N) is 2. The molecule has 38 heavy (non-hydrogen) atoms. The third-order valence-corrected chi connectivity index (χ3v) is 8.26. The van der Waals surface area contributed by atoms with E-state index in [1.54, 1.807) is 13.0 Å². The van der Waals surface area contributed by atoms with Gasteiger partial charge in [-0.3, -0.25) is 9.59 Å². The lowest BCUT2D eigenvalue weighted by molar-refractivity contribution is -0.172. The first-order valence-electron chi connectivity index (χ1n) is 12.2. The van der Waals surface area contributed by atoms with Crippen LogP contribution in [0.3, 0.4) is 0 Å². The molecule has 0 fully saturated rings. The maximum atomic E-state index is 14.8. The van der Waals surface area contributed by atoms with Gasteiger partial charge in [0.05, 0.1) is 40.1 Å². The molecular weight excluding hydrogens is 517 g/mol. The SMILES string of the molecule is C=C[C@@H](O)C(=O)N[C@@H]1CCc2c(Cl)c(F)cc3nc4c(c1c23)Cn1c-4cc2c(c1=O)COC(=O)[C@]2(O)CC. The molecule has 0 bridgehead atoms. The molecule has 0 saturated carbocycles. The van der Waals surface area contributed by atoms with Gasteiger partial charge in [0, 0.05) is 22.6 Å². The van der Waals surface area contributed by atoms with Gasteiger partial charge in [-0.1, -0.05) is 31.2 Å². The largest absolute Gasteiger partial charge is 0.458 e. The molecule has 1 aromatic carbocycles. The van der Waals surface area contributed by atoms with Crippen LogP contribution in [-0.4, -0.2) is 37.7 Å². The molecule has 1 amide bonds. The van der Waals surface area contributed by atoms with Crippen molar-refractivity contribution in [2.75, 3.05) is 0 Å². The standard InChI is InChI=1S/C27H23ClFN3O6/c1-3-19(33)24(34)31-16-6-5-11-20-17(8-15(29)22(11)28)30-23-12(21(16)20)9-32-18(23)7-14-13(25(32)35)10-38-26(36)27(14,37)4-2/h3,7-8,16,19,33,37H,1,4-6,9-10H2,2H3,(H,31,34)/t16-,19-,27+/m1/s1. The number of hydrogen-bond donors (Lipinski definition) is 3. The number of halogens is 2. The van der Waals surface area contributed by atoms with Crippen molar-refractivity contribution >= 4 is 34.4 Å². The molecule has 6 rings (SSSR count). The van der Waals surface area contributed by atoms with Gasteiger partial charge in [-0.25, -0.2) is 14.2 Å². The molecule has 3 aliphatic rings. The molecular formula is C27H23ClFN3O6. The highest BCUT2D eigenvalue weighted by Gasteiger charge is 2.46. The Labute approximate surface area is 220 Å². The van der Waals surface area contributed by atoms with Gasteiger partial charge in [0.15, 0.2) is 11.7 Å². The van der Waals surface area contributed by atoms with Crippen molar-refractivity contribution < 1.29 is 28.9 Å². The second kappa shape index (κ2) is 8.45. The minimum absolute atomic E-state index is 0.00219. The Hall–Kier alpha value is -3.60. The average Bonchev–Trinajstić information content (AvgIpc) is 3.28. The van der Waals surface area contributed by atoms with Gasteiger partial charge in [0.25, 0.3) is 11.5 Å². The predicted molar refractivity (Wildman–Crippen MR) is 135 cm³/mol. The van der Waals surface area contributed by atoms with E-state index in [0.717, 1.165) is 6.08 Å². The van der Waals surface area contributed by atoms with E-state index < -0.39 is 41.0 Å². The molecule has 2 aromatic heterocycles. The van der Waals surface area contributed by atoms with Crippen molar-refractivity contribution in [3.05, 3.63) is 73.8 Å². The molecule has 2 aliphatic heterocycles. The lowest BCUT2D eigenvalue weighted by Gasteiger charge is -2.31. The van der Waals surface area contributed by atoms with Crippen molar-refractivity contribution in [1.82, 2.24) is 14.9 Å². The van der Waals surface area contributed by atoms with Crippen molar-refractivity contribution in [1.29, 1.82) is 0 Å². The number of pyridine rings is 2. The number of aromatic nitrogens is 2. The van der Waals surface area contributed by atoms with Crippen LogP contribution in [0.2, 0.25) is 5.02 Å². The van der Waals surface area contributed by atoms with Gasteiger partial charge >= 0.3 is 5.97 Å². The summed E-state index contributed by atoms with van der Waals surface area (Å²) >= 11 is 6.34. The van der Waals surface area contributed by atoms with Crippen molar-refractivity contribution in [2.24, 2.45) is 0 Å². The molecule has 4 heterocycles. The Morgan fingerprint density at radius 2 is 2.16 bits per heavy atom. The Morgan fingerprint density at radius 3 is 2.87 bits per heavy atom. The number of aliphatic hydroxyl groups is 2. The van der Waals surface area contributed by atoms with E-state index in [0.29, 0.717) is 51.8 Å². The number of aliphatic hydroxyl groups excluding tert-OH is 1. The fourth-order valence-corrected chi connectivity index (χ4v) is 6.11. The van der Waals surface area contributed by atoms with E-state index >= 15 is 0 Å². The molecule has 0 spiro atoms. The second-order valence-electron chi connectivity index (χ2n) is 9.78. The maximum Gasteiger partial charge on any atom is 0.343 e. The van der Waals surface area contributed by atoms with Crippen LogP contribution in [0.4, 0.5) is 4.39 Å². The summed E-state index contributed by atoms with van der Waals surface area (Å²) in [5.41, 5.74) is 0.782. The molecule has 11 heteroatoms. The Kier molecular flexibility index (Phi) is 5.50. The molecule has 196 valence electrons. The highest BCUT2D eigenvalue weighted by molar-refractivity contribution is 6.32. The molecule has 0 unspecified atom stereocenters. The summed E-state index contributed by atoms with van der Waals surface area (Å²) in [6.07, 6.45) is 0.423. The van der Waals surface area contributed by atoms with Crippen LogP contribution in [-0.2, 0) is 39.5 Å². The van der Waals surface area contributed by atoms with Crippen LogP contribution in [0, 0.1) is 5.82 Å². The number of benzene rings is 1. The predicted octanol–water partition coefficient (Wildman–Crippen LogP) is 2.52. The van der Waals surface area contributed by atoms with Crippen molar-refractivity contribution in [2.45, 2.75) is 57.1 Å². The molecule has 3 aromatic rings. The van der Waals surface area contributed by atoms with Gasteiger partial charge in [0.2, 0.25) is 0 Å². The number of carbonyl (C=O) groups excluding carboxylic acids is 2. The molecule has 0 radical (unpaired) electrons. The fourth-order valence-electron chi connectivity index (χ4n) is 5.86. The zero-order valence-electron chi connectivity index (χ0n) is 20.3. The lowest BCUT2D eigenvalue weighted by atomic mass is 9.83. The van der Waals surface area contributed by atoms with Crippen LogP contribution >= 0.6 is 11.6 Å². The summed E-state index contributed by atoms with van der Waals surface area (Å²) in [6.45, 7) is 4.90. The minimum atomic E-state index is -1.99. The number of amides is 1. The van der Waals surface area contributed by atoms with Crippen LogP contribution in [0.1, 0.15) is 53.6 Å². The topological polar surface area (TPSA) is 131 Å². The number of carbonyl (C=O) groups is 2. The van der Waals surface area contributed by atoms with Gasteiger partial charge in [-0.2, -0.15) is 0 Å². The van der Waals surface area contributed by atoms with Crippen LogP contribution in [0.5, 0.6) is 0 Å². The second-order valence-corrected chi connectivity index (χ2v) is 10.2. The van der Waals surface area contributed by atoms with E-state index in [9.17, 15) is 29.0 Å². The first kappa shape index (κ1) is 24.7. The monoisotopic (exact) mass is 539 g/mol. The summed E-state index contributed by atoms with van der Waals surface area (Å²) in [7, 11) is 0. The van der Waals surface area contributed by atoms with E-state index in [4.69, 9.17) is 21.3 Å². The molecule has 3 atom stereocenters. The molecule has 9 nitrogen and oxygen atoms in total. The minimum Gasteiger partial charge on any atom is -0.458 e. The summed E-state index contributed by atoms with van der Waals surface area (Å²) in [6, 6.07) is 2.21. The van der Waals surface area contributed by atoms with E-state index in [1.165, 1.54) is 10.6 Å². The van der Waals surface area contributed by atoms with Gasteiger partial charge < -0.3 is 24.8 Å². The molecule has 0 saturated heterocycles. The first-order chi connectivity index (χ1) is 18.1. The van der Waals surface area contributed by atoms with Crippen LogP contribution < -0.4 is 10.9 Å². The summed E-state index contributed by atoms with van der Waals surface area (Å²) in [5, 5.41) is 24.5. The van der Waals surface area contributed by atoms with Gasteiger partial charge in [0.1, 0.15) is 12.4 Å². The van der Waals surface area contributed by atoms with E-state index in [1.807, 2.05) is 0 Å². The first-order valence-corrected chi connectivity index (χ1v) is 12.6. The number of fused-ring (bicyclic) bond motifs is 5. The number of hydrogen-bond acceptors (Lipinski definition) is 7. The Morgan fingerprint density at radius 1 is 1.39 bits per heavy atom. The van der Waals surface area contributed by atoms with Gasteiger partial charge in [-0.15, -0.1) is 0 Å². The number of rotatable bonds is 4. The van der Waals surface area contributed by atoms with Crippen molar-refractivity contribution in [3.63, 3.8) is 0 Å². The van der Waals surface area contributed by atoms with Crippen molar-refractivity contribution in [3.8, 4) is 11.4 Å². The van der Waals surface area contributed by atoms with Gasteiger partial charge in [-0.05, 0) is 36.5 Å². The zero-order valence-corrected chi connectivity index (χ0v) is 21.1. The highest BCUT2D eigenvalue weighted by Crippen LogP contribution is 2.46. The van der Waals surface area contributed by atoms with Crippen LogP contribution in [0.15, 0.2) is 29.6 Å². The van der Waals surface area contributed by atoms with Crippen LogP contribution in [0.25, 0.3) is 22.3 Å². The number of esters is 1. The summed E-state index contributed by atoms with van der Waals surface area (Å²) < 4.78 is 21.4. The van der Waals surface area contributed by atoms with E-state index in [2.05, 4.69) is 11.9 Å². The average molecular weight is 540 g/mol. The maximum absolute atomic E-state index is 14.8. The number of cyclic esters (lactones) is 1. The fraction of sp³-hybridized carbons (Fsp3) is 0.333. The zero-order chi connectivity index (χ0) is 27.1. The number of nitrogens with one attached hydrogen (secondary N) is 1. The summed E-state index contributed by atoms with van der Waals surface area (Å²) in [5.74, 6) is -2.12. The highest BCUT2D eigenvalue weighted by atomic mass is 35.5. The quantitative estimate of drug-likeness (QED) is 0.268. The smallest absolute Gasteiger partial charge is 0.343 e. The molecule has 3 N–H and O–H groups in total. The lowest BCUT2D eigenvalue weighted by Crippen LogP contribution is -2.44. The molecule has 1 aliphatic carbocycles. The number of aryl methyl sites for hydroxylation is 1. The number of ether oxygens (including phenoxy) is 1. The normalized spacial score (nSPS) is 21.8. The summed E-state index contributed by atoms with van der Waals surface area (Å²) in [4.78, 5) is 43.4. The third kappa shape index (κ3) is 3.23. The Balaban J connectivity index is 1.63. The Bertz CT molecular complexity index is 1670. The van der Waals surface area contributed by atoms with E-state index in [-0.39, 0.29) is 35.7 Å². The third-order valence-electron chi connectivity index (χ3n) is 7.85.